The first-order chi connectivity index (χ1) is 10.0. The number of nitrogens with zero attached hydrogens (tertiary/aromatic N) is 1. The summed E-state index contributed by atoms with van der Waals surface area (Å²) in [6.45, 7) is 2.19. The van der Waals surface area contributed by atoms with E-state index >= 15 is 0 Å². The maximum absolute atomic E-state index is 12.0. The number of rotatable bonds is 4. The Kier molecular flexibility index (Phi) is 4.82. The minimum atomic E-state index is -1.13. The van der Waals surface area contributed by atoms with Gasteiger partial charge in [0, 0.05) is 17.8 Å². The van der Waals surface area contributed by atoms with Crippen molar-refractivity contribution in [2.75, 3.05) is 0 Å². The average Bonchev–Trinajstić information content (AvgIpc) is 2.70. The van der Waals surface area contributed by atoms with E-state index in [0.717, 1.165) is 36.9 Å². The summed E-state index contributed by atoms with van der Waals surface area (Å²) < 4.78 is 0. The molecule has 0 unspecified atom stereocenters. The number of amides is 2. The van der Waals surface area contributed by atoms with E-state index in [4.69, 9.17) is 0 Å². The Morgan fingerprint density at radius 2 is 2.00 bits per heavy atom. The monoisotopic (exact) mass is 294 g/mol. The molecule has 0 aliphatic heterocycles. The summed E-state index contributed by atoms with van der Waals surface area (Å²) in [6.07, 6.45) is 6.31. The summed E-state index contributed by atoms with van der Waals surface area (Å²) in [5.74, 6) is -0.945. The van der Waals surface area contributed by atoms with E-state index in [1.165, 1.54) is 0 Å². The molecule has 0 saturated heterocycles. The minimum absolute atomic E-state index is 0.323. The number of carbonyl (C=O) groups excluding carboxylic acids is 1. The molecule has 21 heavy (non-hydrogen) atoms. The fraction of sp³-hybridized carbons (Fsp3) is 0.643. The summed E-state index contributed by atoms with van der Waals surface area (Å²) in [5, 5.41) is 21.5. The van der Waals surface area contributed by atoms with Crippen molar-refractivity contribution >= 4 is 12.0 Å². The lowest BCUT2D eigenvalue weighted by Crippen LogP contribution is -2.56. The molecule has 1 aliphatic rings. The lowest BCUT2D eigenvalue weighted by atomic mass is 9.90. The first-order valence-electron chi connectivity index (χ1n) is 7.32. The van der Waals surface area contributed by atoms with Crippen LogP contribution in [-0.4, -0.2) is 32.8 Å². The normalized spacial score (nSPS) is 17.8. The zero-order valence-electron chi connectivity index (χ0n) is 12.2. The van der Waals surface area contributed by atoms with Crippen LogP contribution in [0.5, 0.6) is 0 Å². The van der Waals surface area contributed by atoms with E-state index < -0.39 is 17.5 Å². The molecular formula is C14H22N4O3. The highest BCUT2D eigenvalue weighted by atomic mass is 16.4. The Bertz CT molecular complexity index is 504. The van der Waals surface area contributed by atoms with E-state index in [-0.39, 0.29) is 0 Å². The Labute approximate surface area is 123 Å². The minimum Gasteiger partial charge on any atom is -0.480 e. The molecule has 0 bridgehead atoms. The smallest absolute Gasteiger partial charge is 0.329 e. The van der Waals surface area contributed by atoms with Crippen LogP contribution in [-0.2, 0) is 11.3 Å². The first kappa shape index (κ1) is 15.3. The van der Waals surface area contributed by atoms with Gasteiger partial charge < -0.3 is 15.7 Å². The highest BCUT2D eigenvalue weighted by molar-refractivity contribution is 5.86. The molecule has 0 spiro atoms. The van der Waals surface area contributed by atoms with Crippen LogP contribution >= 0.6 is 0 Å². The molecule has 2 rings (SSSR count). The number of hydrogen-bond acceptors (Lipinski definition) is 3. The van der Waals surface area contributed by atoms with Crippen molar-refractivity contribution < 1.29 is 14.7 Å². The second kappa shape index (κ2) is 6.60. The molecular weight excluding hydrogens is 272 g/mol. The number of aromatic nitrogens is 2. The summed E-state index contributed by atoms with van der Waals surface area (Å²) in [7, 11) is 0. The third-order valence-electron chi connectivity index (χ3n) is 4.09. The van der Waals surface area contributed by atoms with E-state index in [0.29, 0.717) is 19.4 Å². The molecule has 7 heteroatoms. The molecule has 1 aliphatic carbocycles. The molecule has 1 fully saturated rings. The van der Waals surface area contributed by atoms with Crippen molar-refractivity contribution in [2.45, 2.75) is 57.5 Å². The third-order valence-corrected chi connectivity index (χ3v) is 4.09. The molecule has 2 amide bonds. The number of aromatic amines is 1. The fourth-order valence-electron chi connectivity index (χ4n) is 2.72. The zero-order valence-corrected chi connectivity index (χ0v) is 12.2. The van der Waals surface area contributed by atoms with Crippen LogP contribution < -0.4 is 10.6 Å². The molecule has 116 valence electrons. The quantitative estimate of drug-likeness (QED) is 0.634. The molecule has 7 nitrogen and oxygen atoms in total. The summed E-state index contributed by atoms with van der Waals surface area (Å²) in [6, 6.07) is -0.445. The lowest BCUT2D eigenvalue weighted by molar-refractivity contribution is -0.145. The van der Waals surface area contributed by atoms with Crippen LogP contribution in [0.25, 0.3) is 0 Å². The fourth-order valence-corrected chi connectivity index (χ4v) is 2.72. The number of carbonyl (C=O) groups is 2. The standard InChI is InChI=1S/C14H22N4O3/c1-10-11(9-16-18-10)8-15-13(21)17-14(12(19)20)6-4-2-3-5-7-14/h9H,2-8H2,1H3,(H,16,18)(H,19,20)(H2,15,17,21). The molecule has 1 heterocycles. The summed E-state index contributed by atoms with van der Waals surface area (Å²) in [4.78, 5) is 23.6. The average molecular weight is 294 g/mol. The van der Waals surface area contributed by atoms with E-state index in [2.05, 4.69) is 20.8 Å². The Balaban J connectivity index is 1.95. The van der Waals surface area contributed by atoms with E-state index in [9.17, 15) is 14.7 Å². The van der Waals surface area contributed by atoms with Gasteiger partial charge in [-0.25, -0.2) is 9.59 Å². The van der Waals surface area contributed by atoms with Gasteiger partial charge in [0.15, 0.2) is 0 Å². The van der Waals surface area contributed by atoms with Gasteiger partial charge in [0.25, 0.3) is 0 Å². The van der Waals surface area contributed by atoms with Crippen molar-refractivity contribution in [3.8, 4) is 0 Å². The number of carboxylic acid groups (broad SMARTS) is 1. The third kappa shape index (κ3) is 3.74. The van der Waals surface area contributed by atoms with E-state index in [1.54, 1.807) is 6.20 Å². The van der Waals surface area contributed by atoms with Crippen LogP contribution in [0.3, 0.4) is 0 Å². The number of aliphatic carboxylic acids is 1. The van der Waals surface area contributed by atoms with E-state index in [1.807, 2.05) is 6.92 Å². The molecule has 0 radical (unpaired) electrons. The van der Waals surface area contributed by atoms with Crippen LogP contribution in [0.2, 0.25) is 0 Å². The van der Waals surface area contributed by atoms with Gasteiger partial charge in [0.05, 0.1) is 6.20 Å². The highest BCUT2D eigenvalue weighted by Crippen LogP contribution is 2.27. The van der Waals surface area contributed by atoms with Crippen LogP contribution in [0.4, 0.5) is 4.79 Å². The molecule has 4 N–H and O–H groups in total. The van der Waals surface area contributed by atoms with Crippen LogP contribution in [0.15, 0.2) is 6.20 Å². The van der Waals surface area contributed by atoms with Crippen molar-refractivity contribution in [1.82, 2.24) is 20.8 Å². The van der Waals surface area contributed by atoms with Gasteiger partial charge in [0.1, 0.15) is 5.54 Å². The number of H-pyrrole nitrogens is 1. The number of nitrogens with one attached hydrogen (secondary N) is 3. The van der Waals surface area contributed by atoms with Crippen LogP contribution in [0.1, 0.15) is 49.8 Å². The Morgan fingerprint density at radius 3 is 2.52 bits per heavy atom. The predicted octanol–water partition coefficient (Wildman–Crippen LogP) is 1.69. The number of carboxylic acids is 1. The van der Waals surface area contributed by atoms with Crippen molar-refractivity contribution in [3.63, 3.8) is 0 Å². The maximum Gasteiger partial charge on any atom is 0.329 e. The first-order valence-corrected chi connectivity index (χ1v) is 7.32. The maximum atomic E-state index is 12.0. The topological polar surface area (TPSA) is 107 Å². The number of urea groups is 1. The second-order valence-corrected chi connectivity index (χ2v) is 5.63. The lowest BCUT2D eigenvalue weighted by Gasteiger charge is -2.29. The SMILES string of the molecule is Cc1[nH]ncc1CNC(=O)NC1(C(=O)O)CCCCCC1. The Hall–Kier alpha value is -2.05. The predicted molar refractivity (Wildman–Crippen MR) is 76.8 cm³/mol. The Morgan fingerprint density at radius 1 is 1.33 bits per heavy atom. The molecule has 0 aromatic carbocycles. The summed E-state index contributed by atoms with van der Waals surface area (Å²) >= 11 is 0. The molecule has 1 aromatic rings. The van der Waals surface area contributed by atoms with Gasteiger partial charge in [-0.3, -0.25) is 5.10 Å². The zero-order chi connectivity index (χ0) is 15.3. The van der Waals surface area contributed by atoms with Crippen molar-refractivity contribution in [1.29, 1.82) is 0 Å². The molecule has 1 saturated carbocycles. The van der Waals surface area contributed by atoms with Crippen molar-refractivity contribution in [3.05, 3.63) is 17.5 Å². The van der Waals surface area contributed by atoms with Crippen LogP contribution in [0, 0.1) is 6.92 Å². The van der Waals surface area contributed by atoms with Crippen molar-refractivity contribution in [2.24, 2.45) is 0 Å². The molecule has 1 aromatic heterocycles. The van der Waals surface area contributed by atoms with Gasteiger partial charge in [0.2, 0.25) is 0 Å². The van der Waals surface area contributed by atoms with Gasteiger partial charge in [-0.1, -0.05) is 25.7 Å². The summed E-state index contributed by atoms with van der Waals surface area (Å²) in [5.41, 5.74) is 0.638. The van der Waals surface area contributed by atoms with Gasteiger partial charge in [-0.05, 0) is 19.8 Å². The highest BCUT2D eigenvalue weighted by Gasteiger charge is 2.40. The number of hydrogen-bond donors (Lipinski definition) is 4. The largest absolute Gasteiger partial charge is 0.480 e. The molecule has 0 atom stereocenters. The number of aryl methyl sites for hydroxylation is 1. The van der Waals surface area contributed by atoms with Gasteiger partial charge in [-0.2, -0.15) is 5.10 Å². The van der Waals surface area contributed by atoms with Gasteiger partial charge >= 0.3 is 12.0 Å². The van der Waals surface area contributed by atoms with Gasteiger partial charge in [-0.15, -0.1) is 0 Å². The second-order valence-electron chi connectivity index (χ2n) is 5.63.